The van der Waals surface area contributed by atoms with Crippen molar-refractivity contribution in [2.24, 2.45) is 0 Å². The molecule has 0 fully saturated rings. The van der Waals surface area contributed by atoms with Crippen LogP contribution in [0.4, 0.5) is 10.1 Å². The third-order valence-corrected chi connectivity index (χ3v) is 3.20. The SMILES string of the molecule is Fc1cc(NCCc2ccccc2)ccc1-n1cncn1. The lowest BCUT2D eigenvalue weighted by molar-refractivity contribution is 0.611. The van der Waals surface area contributed by atoms with Crippen molar-refractivity contribution in [1.29, 1.82) is 0 Å². The Hall–Kier alpha value is -2.69. The summed E-state index contributed by atoms with van der Waals surface area (Å²) in [6, 6.07) is 15.2. The Bertz CT molecular complexity index is 696. The quantitative estimate of drug-likeness (QED) is 0.782. The lowest BCUT2D eigenvalue weighted by atomic mass is 10.1. The average molecular weight is 282 g/mol. The number of rotatable bonds is 5. The number of nitrogens with one attached hydrogen (secondary N) is 1. The molecule has 0 spiro atoms. The largest absolute Gasteiger partial charge is 0.385 e. The maximum Gasteiger partial charge on any atom is 0.150 e. The van der Waals surface area contributed by atoms with Gasteiger partial charge in [0.1, 0.15) is 18.3 Å². The van der Waals surface area contributed by atoms with E-state index in [9.17, 15) is 4.39 Å². The molecule has 2 aromatic carbocycles. The number of halogens is 1. The molecule has 0 atom stereocenters. The standard InChI is InChI=1S/C16H15FN4/c17-15-10-14(6-7-16(15)21-12-18-11-20-21)19-9-8-13-4-2-1-3-5-13/h1-7,10-12,19H,8-9H2. The van der Waals surface area contributed by atoms with E-state index in [2.05, 4.69) is 27.5 Å². The molecule has 21 heavy (non-hydrogen) atoms. The number of nitrogens with zero attached hydrogens (tertiary/aromatic N) is 3. The van der Waals surface area contributed by atoms with Crippen LogP contribution in [0.1, 0.15) is 5.56 Å². The van der Waals surface area contributed by atoms with Crippen LogP contribution in [0.15, 0.2) is 61.2 Å². The molecule has 5 heteroatoms. The highest BCUT2D eigenvalue weighted by atomic mass is 19.1. The molecule has 3 rings (SSSR count). The Morgan fingerprint density at radius 1 is 1.10 bits per heavy atom. The van der Waals surface area contributed by atoms with Crippen LogP contribution < -0.4 is 5.32 Å². The Kier molecular flexibility index (Phi) is 3.91. The fraction of sp³-hybridized carbons (Fsp3) is 0.125. The smallest absolute Gasteiger partial charge is 0.150 e. The fourth-order valence-electron chi connectivity index (χ4n) is 2.13. The first-order chi connectivity index (χ1) is 10.3. The Labute approximate surface area is 122 Å². The van der Waals surface area contributed by atoms with Gasteiger partial charge in [-0.25, -0.2) is 14.1 Å². The van der Waals surface area contributed by atoms with Gasteiger partial charge in [-0.3, -0.25) is 0 Å². The van der Waals surface area contributed by atoms with E-state index in [4.69, 9.17) is 0 Å². The predicted octanol–water partition coefficient (Wildman–Crippen LogP) is 3.06. The van der Waals surface area contributed by atoms with Gasteiger partial charge in [0, 0.05) is 12.2 Å². The molecule has 4 nitrogen and oxygen atoms in total. The van der Waals surface area contributed by atoms with Gasteiger partial charge in [-0.15, -0.1) is 0 Å². The third kappa shape index (κ3) is 3.25. The van der Waals surface area contributed by atoms with Crippen LogP contribution in [0.25, 0.3) is 5.69 Å². The zero-order valence-corrected chi connectivity index (χ0v) is 11.4. The first-order valence-electron chi connectivity index (χ1n) is 6.75. The summed E-state index contributed by atoms with van der Waals surface area (Å²) >= 11 is 0. The van der Waals surface area contributed by atoms with E-state index in [1.54, 1.807) is 6.07 Å². The Morgan fingerprint density at radius 2 is 1.95 bits per heavy atom. The van der Waals surface area contributed by atoms with Crippen molar-refractivity contribution in [2.75, 3.05) is 11.9 Å². The highest BCUT2D eigenvalue weighted by Gasteiger charge is 2.06. The normalized spacial score (nSPS) is 10.5. The van der Waals surface area contributed by atoms with Gasteiger partial charge >= 0.3 is 0 Å². The first kappa shape index (κ1) is 13.3. The summed E-state index contributed by atoms with van der Waals surface area (Å²) < 4.78 is 15.4. The monoisotopic (exact) mass is 282 g/mol. The van der Waals surface area contributed by atoms with Crippen molar-refractivity contribution < 1.29 is 4.39 Å². The van der Waals surface area contributed by atoms with Crippen molar-refractivity contribution in [2.45, 2.75) is 6.42 Å². The van der Waals surface area contributed by atoms with Gasteiger partial charge in [-0.2, -0.15) is 5.10 Å². The summed E-state index contributed by atoms with van der Waals surface area (Å²) in [7, 11) is 0. The van der Waals surface area contributed by atoms with Crippen molar-refractivity contribution in [3.05, 3.63) is 72.6 Å². The molecule has 3 aromatic rings. The van der Waals surface area contributed by atoms with E-state index >= 15 is 0 Å². The minimum Gasteiger partial charge on any atom is -0.385 e. The van der Waals surface area contributed by atoms with E-state index in [1.165, 1.54) is 29.0 Å². The Morgan fingerprint density at radius 3 is 2.67 bits per heavy atom. The molecule has 0 aliphatic carbocycles. The van der Waals surface area contributed by atoms with Gasteiger partial charge in [-0.1, -0.05) is 30.3 Å². The van der Waals surface area contributed by atoms with Gasteiger partial charge < -0.3 is 5.32 Å². The molecule has 0 saturated heterocycles. The van der Waals surface area contributed by atoms with E-state index < -0.39 is 0 Å². The second-order valence-corrected chi connectivity index (χ2v) is 4.67. The van der Waals surface area contributed by atoms with Crippen LogP contribution in [0.5, 0.6) is 0 Å². The molecule has 106 valence electrons. The van der Waals surface area contributed by atoms with Crippen LogP contribution in [0, 0.1) is 5.82 Å². The number of aromatic nitrogens is 3. The molecule has 0 amide bonds. The minimum atomic E-state index is -0.329. The number of hydrogen-bond acceptors (Lipinski definition) is 3. The molecule has 0 radical (unpaired) electrons. The summed E-state index contributed by atoms with van der Waals surface area (Å²) in [5.74, 6) is -0.329. The molecule has 1 heterocycles. The topological polar surface area (TPSA) is 42.7 Å². The molecular weight excluding hydrogens is 267 g/mol. The molecule has 0 unspecified atom stereocenters. The zero-order chi connectivity index (χ0) is 14.5. The van der Waals surface area contributed by atoms with Crippen molar-refractivity contribution in [3.63, 3.8) is 0 Å². The average Bonchev–Trinajstić information content (AvgIpc) is 3.02. The van der Waals surface area contributed by atoms with Crippen molar-refractivity contribution in [3.8, 4) is 5.69 Å². The van der Waals surface area contributed by atoms with Crippen molar-refractivity contribution >= 4 is 5.69 Å². The van der Waals surface area contributed by atoms with E-state index in [1.807, 2.05) is 24.3 Å². The lowest BCUT2D eigenvalue weighted by Crippen LogP contribution is -2.06. The van der Waals surface area contributed by atoms with E-state index in [0.29, 0.717) is 5.69 Å². The van der Waals surface area contributed by atoms with Gasteiger partial charge in [0.15, 0.2) is 5.82 Å². The van der Waals surface area contributed by atoms with Crippen LogP contribution >= 0.6 is 0 Å². The van der Waals surface area contributed by atoms with Crippen LogP contribution in [-0.2, 0) is 6.42 Å². The minimum absolute atomic E-state index is 0.329. The molecule has 0 aliphatic rings. The maximum atomic E-state index is 14.0. The molecule has 0 bridgehead atoms. The highest BCUT2D eigenvalue weighted by Crippen LogP contribution is 2.17. The van der Waals surface area contributed by atoms with Crippen LogP contribution in [0.2, 0.25) is 0 Å². The summed E-state index contributed by atoms with van der Waals surface area (Å²) in [6.45, 7) is 0.756. The molecule has 1 aromatic heterocycles. The third-order valence-electron chi connectivity index (χ3n) is 3.20. The van der Waals surface area contributed by atoms with Gasteiger partial charge in [0.25, 0.3) is 0 Å². The molecule has 0 saturated carbocycles. The van der Waals surface area contributed by atoms with Gasteiger partial charge in [0.2, 0.25) is 0 Å². The second kappa shape index (κ2) is 6.17. The number of anilines is 1. The van der Waals surface area contributed by atoms with Crippen molar-refractivity contribution in [1.82, 2.24) is 14.8 Å². The molecule has 0 aliphatic heterocycles. The van der Waals surface area contributed by atoms with Crippen LogP contribution in [0.3, 0.4) is 0 Å². The highest BCUT2D eigenvalue weighted by molar-refractivity contribution is 5.49. The zero-order valence-electron chi connectivity index (χ0n) is 11.4. The lowest BCUT2D eigenvalue weighted by Gasteiger charge is -2.09. The summed E-state index contributed by atoms with van der Waals surface area (Å²) in [6.07, 6.45) is 3.75. The van der Waals surface area contributed by atoms with Crippen LogP contribution in [-0.4, -0.2) is 21.3 Å². The second-order valence-electron chi connectivity index (χ2n) is 4.67. The fourth-order valence-corrected chi connectivity index (χ4v) is 2.13. The summed E-state index contributed by atoms with van der Waals surface area (Å²) in [5.41, 5.74) is 2.40. The van der Waals surface area contributed by atoms with Gasteiger partial charge in [0.05, 0.1) is 0 Å². The molecule has 1 N–H and O–H groups in total. The summed E-state index contributed by atoms with van der Waals surface area (Å²) in [4.78, 5) is 3.81. The number of hydrogen-bond donors (Lipinski definition) is 1. The maximum absolute atomic E-state index is 14.0. The first-order valence-corrected chi connectivity index (χ1v) is 6.75. The summed E-state index contributed by atoms with van der Waals surface area (Å²) in [5, 5.41) is 7.15. The van der Waals surface area contributed by atoms with Gasteiger partial charge in [-0.05, 0) is 30.2 Å². The van der Waals surface area contributed by atoms with E-state index in [-0.39, 0.29) is 5.82 Å². The predicted molar refractivity (Wildman–Crippen MR) is 80.0 cm³/mol. The molecular formula is C16H15FN4. The Balaban J connectivity index is 1.63. The number of benzene rings is 2. The van der Waals surface area contributed by atoms with E-state index in [0.717, 1.165) is 18.7 Å².